The zero-order valence-electron chi connectivity index (χ0n) is 15.9. The Kier molecular flexibility index (Phi) is 5.15. The number of carbonyl (C=O) groups excluding carboxylic acids is 2. The minimum Gasteiger partial charge on any atom is -0.360 e. The van der Waals surface area contributed by atoms with Crippen LogP contribution in [-0.2, 0) is 15.0 Å². The Labute approximate surface area is 169 Å². The first-order valence-electron chi connectivity index (χ1n) is 9.77. The molecule has 1 saturated carbocycles. The van der Waals surface area contributed by atoms with Gasteiger partial charge in [-0.3, -0.25) is 9.59 Å². The Morgan fingerprint density at radius 2 is 2.00 bits per heavy atom. The van der Waals surface area contributed by atoms with Crippen LogP contribution in [0.3, 0.4) is 0 Å². The summed E-state index contributed by atoms with van der Waals surface area (Å²) >= 11 is 6.16. The van der Waals surface area contributed by atoms with Crippen molar-refractivity contribution in [3.63, 3.8) is 0 Å². The second kappa shape index (κ2) is 7.59. The van der Waals surface area contributed by atoms with Crippen LogP contribution in [0.5, 0.6) is 0 Å². The van der Waals surface area contributed by atoms with E-state index in [-0.39, 0.29) is 17.7 Å². The molecular weight excluding hydrogens is 378 g/mol. The molecule has 2 aliphatic rings. The molecule has 2 heterocycles. The molecule has 7 heteroatoms. The van der Waals surface area contributed by atoms with Crippen LogP contribution in [0.4, 0.5) is 5.82 Å². The van der Waals surface area contributed by atoms with E-state index in [1.165, 1.54) is 0 Å². The van der Waals surface area contributed by atoms with Crippen molar-refractivity contribution in [3.8, 4) is 0 Å². The molecule has 6 nitrogen and oxygen atoms in total. The predicted octanol–water partition coefficient (Wildman–Crippen LogP) is 3.94. The minimum atomic E-state index is -0.446. The molecule has 0 atom stereocenters. The molecule has 0 bridgehead atoms. The molecule has 1 aromatic heterocycles. The van der Waals surface area contributed by atoms with Gasteiger partial charge in [0.2, 0.25) is 11.8 Å². The maximum atomic E-state index is 13.3. The molecule has 4 rings (SSSR count). The minimum absolute atomic E-state index is 0.0615. The first-order valence-corrected chi connectivity index (χ1v) is 10.2. The number of nitrogens with one attached hydrogen (secondary N) is 1. The van der Waals surface area contributed by atoms with Gasteiger partial charge in [0.1, 0.15) is 5.76 Å². The van der Waals surface area contributed by atoms with Gasteiger partial charge in [-0.2, -0.15) is 0 Å². The number of aryl methyl sites for hydroxylation is 1. The Hall–Kier alpha value is -2.34. The van der Waals surface area contributed by atoms with E-state index < -0.39 is 5.41 Å². The van der Waals surface area contributed by atoms with Crippen molar-refractivity contribution in [2.24, 2.45) is 5.92 Å². The highest BCUT2D eigenvalue weighted by atomic mass is 35.5. The summed E-state index contributed by atoms with van der Waals surface area (Å²) in [5, 5.41) is 7.26. The smallest absolute Gasteiger partial charge is 0.233 e. The molecule has 1 aromatic carbocycles. The molecule has 0 unspecified atom stereocenters. The molecular formula is C21H24ClN3O3. The summed E-state index contributed by atoms with van der Waals surface area (Å²) in [6.07, 6.45) is 4.07. The molecule has 148 valence electrons. The molecule has 2 amide bonds. The topological polar surface area (TPSA) is 75.4 Å². The number of hydrogen-bond acceptors (Lipinski definition) is 4. The lowest BCUT2D eigenvalue weighted by molar-refractivity contribution is -0.143. The van der Waals surface area contributed by atoms with Gasteiger partial charge < -0.3 is 14.7 Å². The molecule has 1 N–H and O–H groups in total. The molecule has 1 saturated heterocycles. The SMILES string of the molecule is Cc1cc(NC(=O)C2CCN(C(=O)C3(c4cccc(Cl)c4)CCC3)CC2)no1. The predicted molar refractivity (Wildman–Crippen MR) is 106 cm³/mol. The summed E-state index contributed by atoms with van der Waals surface area (Å²) in [6.45, 7) is 2.97. The number of carbonyl (C=O) groups is 2. The van der Waals surface area contributed by atoms with Crippen molar-refractivity contribution in [2.75, 3.05) is 18.4 Å². The number of rotatable bonds is 4. The molecule has 2 fully saturated rings. The molecule has 2 aromatic rings. The first-order chi connectivity index (χ1) is 13.5. The molecule has 0 spiro atoms. The molecule has 28 heavy (non-hydrogen) atoms. The second-order valence-electron chi connectivity index (χ2n) is 7.82. The van der Waals surface area contributed by atoms with Crippen molar-refractivity contribution < 1.29 is 14.1 Å². The number of amides is 2. The number of anilines is 1. The standard InChI is InChI=1S/C21H24ClN3O3/c1-14-12-18(24-28-14)23-19(26)15-6-10-25(11-7-15)20(27)21(8-3-9-21)16-4-2-5-17(22)13-16/h2,4-5,12-13,15H,3,6-11H2,1H3,(H,23,24,26). The highest BCUT2D eigenvalue weighted by molar-refractivity contribution is 6.30. The monoisotopic (exact) mass is 401 g/mol. The van der Waals surface area contributed by atoms with Gasteiger partial charge in [0.15, 0.2) is 5.82 Å². The Balaban J connectivity index is 1.39. The van der Waals surface area contributed by atoms with Gasteiger partial charge >= 0.3 is 0 Å². The number of halogens is 1. The Morgan fingerprint density at radius 1 is 1.25 bits per heavy atom. The fourth-order valence-corrected chi connectivity index (χ4v) is 4.43. The van der Waals surface area contributed by atoms with Gasteiger partial charge in [-0.25, -0.2) is 0 Å². The third-order valence-corrected chi connectivity index (χ3v) is 6.26. The molecule has 0 radical (unpaired) electrons. The van der Waals surface area contributed by atoms with Crippen molar-refractivity contribution in [1.29, 1.82) is 0 Å². The van der Waals surface area contributed by atoms with Gasteiger partial charge in [0.25, 0.3) is 0 Å². The van der Waals surface area contributed by atoms with E-state index in [0.717, 1.165) is 24.8 Å². The largest absolute Gasteiger partial charge is 0.360 e. The first kappa shape index (κ1) is 19.0. The lowest BCUT2D eigenvalue weighted by Gasteiger charge is -2.45. The van der Waals surface area contributed by atoms with E-state index >= 15 is 0 Å². The van der Waals surface area contributed by atoms with Crippen LogP contribution < -0.4 is 5.32 Å². The Morgan fingerprint density at radius 3 is 2.57 bits per heavy atom. The van der Waals surface area contributed by atoms with Gasteiger partial charge in [0.05, 0.1) is 5.41 Å². The number of aromatic nitrogens is 1. The lowest BCUT2D eigenvalue weighted by atomic mass is 9.63. The van der Waals surface area contributed by atoms with E-state index in [4.69, 9.17) is 16.1 Å². The average Bonchev–Trinajstić information content (AvgIpc) is 3.05. The van der Waals surface area contributed by atoms with Crippen LogP contribution in [-0.4, -0.2) is 35.0 Å². The van der Waals surface area contributed by atoms with Gasteiger partial charge in [-0.1, -0.05) is 35.3 Å². The van der Waals surface area contributed by atoms with E-state index in [9.17, 15) is 9.59 Å². The summed E-state index contributed by atoms with van der Waals surface area (Å²) in [6, 6.07) is 9.36. The van der Waals surface area contributed by atoms with Crippen LogP contribution in [0.2, 0.25) is 5.02 Å². The van der Waals surface area contributed by atoms with E-state index in [1.54, 1.807) is 13.0 Å². The van der Waals surface area contributed by atoms with Gasteiger partial charge in [-0.15, -0.1) is 0 Å². The zero-order chi connectivity index (χ0) is 19.7. The maximum Gasteiger partial charge on any atom is 0.233 e. The van der Waals surface area contributed by atoms with Crippen molar-refractivity contribution >= 4 is 29.2 Å². The highest BCUT2D eigenvalue weighted by Crippen LogP contribution is 2.46. The Bertz CT molecular complexity index is 883. The van der Waals surface area contributed by atoms with Crippen LogP contribution in [0.15, 0.2) is 34.9 Å². The van der Waals surface area contributed by atoms with Crippen molar-refractivity contribution in [2.45, 2.75) is 44.4 Å². The molecule has 1 aliphatic carbocycles. The third-order valence-electron chi connectivity index (χ3n) is 6.03. The van der Waals surface area contributed by atoms with Crippen LogP contribution in [0.1, 0.15) is 43.4 Å². The normalized spacial score (nSPS) is 19.1. The lowest BCUT2D eigenvalue weighted by Crippen LogP contribution is -2.53. The maximum absolute atomic E-state index is 13.3. The number of nitrogens with zero attached hydrogens (tertiary/aromatic N) is 2. The number of hydrogen-bond donors (Lipinski definition) is 1. The number of benzene rings is 1. The van der Waals surface area contributed by atoms with Crippen molar-refractivity contribution in [1.82, 2.24) is 10.1 Å². The summed E-state index contributed by atoms with van der Waals surface area (Å²) in [7, 11) is 0. The quantitative estimate of drug-likeness (QED) is 0.842. The highest BCUT2D eigenvalue weighted by Gasteiger charge is 2.48. The summed E-state index contributed by atoms with van der Waals surface area (Å²) < 4.78 is 4.98. The van der Waals surface area contributed by atoms with Crippen LogP contribution >= 0.6 is 11.6 Å². The number of likely N-dealkylation sites (tertiary alicyclic amines) is 1. The van der Waals surface area contributed by atoms with Crippen LogP contribution in [0.25, 0.3) is 0 Å². The van der Waals surface area contributed by atoms with E-state index in [0.29, 0.717) is 42.5 Å². The molecule has 1 aliphatic heterocycles. The van der Waals surface area contributed by atoms with Gasteiger partial charge in [-0.05, 0) is 50.3 Å². The van der Waals surface area contributed by atoms with E-state index in [1.807, 2.05) is 29.2 Å². The summed E-state index contributed by atoms with van der Waals surface area (Å²) in [5.41, 5.74) is 0.565. The fourth-order valence-electron chi connectivity index (χ4n) is 4.24. The van der Waals surface area contributed by atoms with E-state index in [2.05, 4.69) is 10.5 Å². The third kappa shape index (κ3) is 3.53. The fraction of sp³-hybridized carbons (Fsp3) is 0.476. The average molecular weight is 402 g/mol. The van der Waals surface area contributed by atoms with Gasteiger partial charge in [0, 0.05) is 30.1 Å². The number of piperidine rings is 1. The summed E-state index contributed by atoms with van der Waals surface area (Å²) in [5.74, 6) is 1.09. The zero-order valence-corrected chi connectivity index (χ0v) is 16.7. The second-order valence-corrected chi connectivity index (χ2v) is 8.26. The van der Waals surface area contributed by atoms with Crippen LogP contribution in [0, 0.1) is 12.8 Å². The van der Waals surface area contributed by atoms with Crippen molar-refractivity contribution in [3.05, 3.63) is 46.7 Å². The summed E-state index contributed by atoms with van der Waals surface area (Å²) in [4.78, 5) is 27.7.